The van der Waals surface area contributed by atoms with Crippen molar-refractivity contribution in [2.45, 2.75) is 37.6 Å². The number of carboxylic acids is 1. The summed E-state index contributed by atoms with van der Waals surface area (Å²) in [6.07, 6.45) is -0.974. The summed E-state index contributed by atoms with van der Waals surface area (Å²) < 4.78 is 13.0. The van der Waals surface area contributed by atoms with E-state index in [1.54, 1.807) is 24.3 Å². The second-order valence-corrected chi connectivity index (χ2v) is 9.23. The minimum absolute atomic E-state index is 0.277. The van der Waals surface area contributed by atoms with Crippen molar-refractivity contribution in [2.24, 2.45) is 5.73 Å². The number of aliphatic carboxylic acids is 1. The van der Waals surface area contributed by atoms with Gasteiger partial charge in [0.25, 0.3) is 0 Å². The SMILES string of the molecule is NC1C(C(=O)O)OC(n2cnc3c(NCc4cc(Cl)ccc4OCc4ccccc4Cl)ncnc32)C1O. The standard InChI is InChI=1S/C24H22Cl2N6O5/c25-14-5-6-16(36-9-12-3-1-2-4-15(12)26)13(7-14)8-28-21-18-22(30-10-29-21)32(11-31-18)23-19(33)17(27)20(37-23)24(34)35/h1-7,10-11,17,19-20,23,33H,8-9,27H2,(H,34,35)(H,28,29,30). The van der Waals surface area contributed by atoms with Crippen molar-refractivity contribution in [3.8, 4) is 5.75 Å². The molecule has 11 nitrogen and oxygen atoms in total. The summed E-state index contributed by atoms with van der Waals surface area (Å²) in [4.78, 5) is 24.3. The van der Waals surface area contributed by atoms with Gasteiger partial charge in [0.05, 0.1) is 12.4 Å². The number of aromatic nitrogens is 4. The molecule has 0 aliphatic carbocycles. The molecular formula is C24H22Cl2N6O5. The fraction of sp³-hybridized carbons (Fsp3) is 0.250. The maximum atomic E-state index is 11.4. The number of anilines is 1. The van der Waals surface area contributed by atoms with Gasteiger partial charge in [-0.2, -0.15) is 0 Å². The van der Waals surface area contributed by atoms with E-state index >= 15 is 0 Å². The van der Waals surface area contributed by atoms with Gasteiger partial charge in [0.1, 0.15) is 24.8 Å². The number of carboxylic acid groups (broad SMARTS) is 1. The zero-order valence-electron chi connectivity index (χ0n) is 19.2. The Kier molecular flexibility index (Phi) is 7.13. The molecule has 4 aromatic rings. The summed E-state index contributed by atoms with van der Waals surface area (Å²) >= 11 is 12.5. The van der Waals surface area contributed by atoms with Gasteiger partial charge < -0.3 is 30.7 Å². The second-order valence-electron chi connectivity index (χ2n) is 8.39. The molecule has 13 heteroatoms. The average molecular weight is 545 g/mol. The molecule has 192 valence electrons. The molecule has 0 radical (unpaired) electrons. The van der Waals surface area contributed by atoms with Crippen molar-refractivity contribution in [2.75, 3.05) is 5.32 Å². The Morgan fingerprint density at radius 3 is 2.73 bits per heavy atom. The van der Waals surface area contributed by atoms with Crippen molar-refractivity contribution in [1.82, 2.24) is 19.5 Å². The second kappa shape index (κ2) is 10.5. The van der Waals surface area contributed by atoms with E-state index < -0.39 is 30.4 Å². The molecule has 1 saturated heterocycles. The van der Waals surface area contributed by atoms with Crippen LogP contribution >= 0.6 is 23.2 Å². The number of halogens is 2. The first-order valence-electron chi connectivity index (χ1n) is 11.2. The average Bonchev–Trinajstić information content (AvgIpc) is 3.44. The molecule has 5 N–H and O–H groups in total. The van der Waals surface area contributed by atoms with Gasteiger partial charge >= 0.3 is 5.97 Å². The fourth-order valence-electron chi connectivity index (χ4n) is 4.09. The van der Waals surface area contributed by atoms with E-state index in [1.165, 1.54) is 17.2 Å². The maximum Gasteiger partial charge on any atom is 0.334 e. The summed E-state index contributed by atoms with van der Waals surface area (Å²) in [6, 6.07) is 11.6. The molecule has 2 aromatic carbocycles. The lowest BCUT2D eigenvalue weighted by Gasteiger charge is -2.17. The molecule has 2 aromatic heterocycles. The molecule has 5 rings (SSSR count). The largest absolute Gasteiger partial charge is 0.488 e. The van der Waals surface area contributed by atoms with Gasteiger partial charge in [-0.25, -0.2) is 19.7 Å². The maximum absolute atomic E-state index is 11.4. The van der Waals surface area contributed by atoms with Gasteiger partial charge in [0.2, 0.25) is 0 Å². The quantitative estimate of drug-likeness (QED) is 0.259. The zero-order valence-corrected chi connectivity index (χ0v) is 20.7. The van der Waals surface area contributed by atoms with Crippen LogP contribution in [0.2, 0.25) is 10.0 Å². The number of aliphatic hydroxyl groups excluding tert-OH is 1. The number of aliphatic hydroxyl groups is 1. The molecule has 0 amide bonds. The number of carbonyl (C=O) groups is 1. The van der Waals surface area contributed by atoms with Crippen molar-refractivity contribution in [3.05, 3.63) is 76.3 Å². The van der Waals surface area contributed by atoms with Gasteiger partial charge in [0, 0.05) is 27.7 Å². The van der Waals surface area contributed by atoms with E-state index in [2.05, 4.69) is 20.3 Å². The third-order valence-corrected chi connectivity index (χ3v) is 6.61. The van der Waals surface area contributed by atoms with Crippen molar-refractivity contribution in [3.63, 3.8) is 0 Å². The Balaban J connectivity index is 1.36. The Labute approximate surface area is 220 Å². The molecule has 3 heterocycles. The number of ether oxygens (including phenoxy) is 2. The smallest absolute Gasteiger partial charge is 0.334 e. The van der Waals surface area contributed by atoms with Gasteiger partial charge in [-0.15, -0.1) is 0 Å². The third kappa shape index (κ3) is 5.04. The van der Waals surface area contributed by atoms with Crippen molar-refractivity contribution < 1.29 is 24.5 Å². The molecular weight excluding hydrogens is 523 g/mol. The van der Waals surface area contributed by atoms with Crippen LogP contribution in [0.25, 0.3) is 11.2 Å². The first kappa shape index (κ1) is 25.2. The predicted molar refractivity (Wildman–Crippen MR) is 135 cm³/mol. The number of benzene rings is 2. The van der Waals surface area contributed by atoms with Crippen LogP contribution in [0.5, 0.6) is 5.75 Å². The lowest BCUT2D eigenvalue weighted by molar-refractivity contribution is -0.152. The summed E-state index contributed by atoms with van der Waals surface area (Å²) in [5, 5.41) is 24.2. The van der Waals surface area contributed by atoms with Crippen LogP contribution in [0, 0.1) is 0 Å². The monoisotopic (exact) mass is 544 g/mol. The molecule has 0 saturated carbocycles. The summed E-state index contributed by atoms with van der Waals surface area (Å²) in [6.45, 7) is 0.575. The minimum atomic E-state index is -1.36. The van der Waals surface area contributed by atoms with Crippen LogP contribution in [0.4, 0.5) is 5.82 Å². The molecule has 0 bridgehead atoms. The summed E-state index contributed by atoms with van der Waals surface area (Å²) in [7, 11) is 0. The van der Waals surface area contributed by atoms with Crippen LogP contribution in [0.3, 0.4) is 0 Å². The number of nitrogens with two attached hydrogens (primary N) is 1. The molecule has 1 aliphatic rings. The first-order chi connectivity index (χ1) is 17.8. The lowest BCUT2D eigenvalue weighted by atomic mass is 10.1. The van der Waals surface area contributed by atoms with E-state index in [1.807, 2.05) is 18.2 Å². The number of nitrogens with one attached hydrogen (secondary N) is 1. The van der Waals surface area contributed by atoms with Crippen LogP contribution < -0.4 is 15.8 Å². The fourth-order valence-corrected chi connectivity index (χ4v) is 4.47. The highest BCUT2D eigenvalue weighted by Gasteiger charge is 2.46. The Bertz CT molecular complexity index is 1450. The van der Waals surface area contributed by atoms with E-state index in [9.17, 15) is 15.0 Å². The van der Waals surface area contributed by atoms with Gasteiger partial charge in [-0.3, -0.25) is 4.57 Å². The first-order valence-corrected chi connectivity index (χ1v) is 12.0. The number of nitrogens with zero attached hydrogens (tertiary/aromatic N) is 4. The summed E-state index contributed by atoms with van der Waals surface area (Å²) in [5.74, 6) is -0.235. The zero-order chi connectivity index (χ0) is 26.1. The van der Waals surface area contributed by atoms with Gasteiger partial charge in [-0.05, 0) is 24.3 Å². The lowest BCUT2D eigenvalue weighted by Crippen LogP contribution is -2.43. The number of imidazole rings is 1. The van der Waals surface area contributed by atoms with Crippen molar-refractivity contribution in [1.29, 1.82) is 0 Å². The Hall–Kier alpha value is -3.48. The molecule has 0 spiro atoms. The predicted octanol–water partition coefficient (Wildman–Crippen LogP) is 2.99. The Morgan fingerprint density at radius 1 is 1.16 bits per heavy atom. The van der Waals surface area contributed by atoms with E-state index in [0.717, 1.165) is 11.1 Å². The minimum Gasteiger partial charge on any atom is -0.488 e. The number of fused-ring (bicyclic) bond motifs is 1. The number of hydrogen-bond donors (Lipinski definition) is 4. The highest BCUT2D eigenvalue weighted by Crippen LogP contribution is 2.32. The number of rotatable bonds is 8. The number of hydrogen-bond acceptors (Lipinski definition) is 9. The van der Waals surface area contributed by atoms with Crippen LogP contribution in [0.15, 0.2) is 55.1 Å². The molecule has 37 heavy (non-hydrogen) atoms. The molecule has 4 atom stereocenters. The van der Waals surface area contributed by atoms with Gasteiger partial charge in [0.15, 0.2) is 29.3 Å². The normalized spacial score (nSPS) is 21.3. The topological polar surface area (TPSA) is 158 Å². The van der Waals surface area contributed by atoms with Gasteiger partial charge in [-0.1, -0.05) is 41.4 Å². The third-order valence-electron chi connectivity index (χ3n) is 6.01. The molecule has 1 aliphatic heterocycles. The highest BCUT2D eigenvalue weighted by molar-refractivity contribution is 6.31. The highest BCUT2D eigenvalue weighted by atomic mass is 35.5. The Morgan fingerprint density at radius 2 is 1.97 bits per heavy atom. The van der Waals surface area contributed by atoms with Crippen LogP contribution in [-0.2, 0) is 22.7 Å². The van der Waals surface area contributed by atoms with E-state index in [0.29, 0.717) is 39.3 Å². The summed E-state index contributed by atoms with van der Waals surface area (Å²) in [5.41, 5.74) is 8.19. The van der Waals surface area contributed by atoms with Crippen LogP contribution in [-0.4, -0.2) is 54.0 Å². The molecule has 1 fully saturated rings. The van der Waals surface area contributed by atoms with E-state index in [-0.39, 0.29) is 6.61 Å². The van der Waals surface area contributed by atoms with E-state index in [4.69, 9.17) is 38.4 Å². The van der Waals surface area contributed by atoms with Crippen LogP contribution in [0.1, 0.15) is 17.4 Å². The van der Waals surface area contributed by atoms with Crippen molar-refractivity contribution >= 4 is 46.2 Å². The molecule has 4 unspecified atom stereocenters.